The van der Waals surface area contributed by atoms with Crippen LogP contribution in [0.15, 0.2) is 35.6 Å². The first kappa shape index (κ1) is 23.3. The van der Waals surface area contributed by atoms with E-state index in [4.69, 9.17) is 23.2 Å². The molecular formula is C23H20Cl2FN5O2S. The van der Waals surface area contributed by atoms with Crippen LogP contribution >= 0.6 is 35.0 Å². The molecule has 0 radical (unpaired) electrons. The second kappa shape index (κ2) is 8.67. The molecule has 2 amide bonds. The third kappa shape index (κ3) is 4.35. The Balaban J connectivity index is 1.41. The third-order valence-electron chi connectivity index (χ3n) is 6.56. The van der Waals surface area contributed by atoms with Crippen LogP contribution < -0.4 is 5.32 Å². The van der Waals surface area contributed by atoms with Crippen molar-refractivity contribution in [3.63, 3.8) is 0 Å². The molecule has 2 aromatic heterocycles. The number of halogens is 3. The van der Waals surface area contributed by atoms with Crippen molar-refractivity contribution in [2.24, 2.45) is 0 Å². The van der Waals surface area contributed by atoms with E-state index in [1.807, 2.05) is 0 Å². The number of pyridine rings is 2. The van der Waals surface area contributed by atoms with Crippen molar-refractivity contribution in [3.8, 4) is 6.07 Å². The molecule has 0 bridgehead atoms. The molecule has 1 saturated heterocycles. The minimum Gasteiger partial charge on any atom is -0.336 e. The van der Waals surface area contributed by atoms with Gasteiger partial charge in [0.2, 0.25) is 11.8 Å². The lowest BCUT2D eigenvalue weighted by Crippen LogP contribution is -2.51. The van der Waals surface area contributed by atoms with E-state index in [0.717, 1.165) is 11.1 Å². The van der Waals surface area contributed by atoms with Crippen LogP contribution in [0.25, 0.3) is 0 Å². The Morgan fingerprint density at radius 1 is 1.18 bits per heavy atom. The predicted octanol–water partition coefficient (Wildman–Crippen LogP) is 3.89. The molecule has 3 fully saturated rings. The quantitative estimate of drug-likeness (QED) is 0.621. The molecule has 0 spiro atoms. The van der Waals surface area contributed by atoms with Crippen molar-refractivity contribution in [1.82, 2.24) is 20.2 Å². The molecule has 2 atom stereocenters. The number of hydrogen-bond acceptors (Lipinski definition) is 6. The predicted molar refractivity (Wildman–Crippen MR) is 125 cm³/mol. The first-order valence-electron chi connectivity index (χ1n) is 10.9. The number of aromatic nitrogens is 2. The molecule has 0 unspecified atom stereocenters. The van der Waals surface area contributed by atoms with Gasteiger partial charge in [-0.15, -0.1) is 11.8 Å². The van der Waals surface area contributed by atoms with Crippen LogP contribution in [0, 0.1) is 17.1 Å². The largest absolute Gasteiger partial charge is 0.336 e. The Kier molecular flexibility index (Phi) is 5.95. The van der Waals surface area contributed by atoms with E-state index < -0.39 is 22.8 Å². The number of nitrogens with one attached hydrogen (secondary N) is 1. The Morgan fingerprint density at radius 3 is 2.50 bits per heavy atom. The molecule has 3 heterocycles. The highest BCUT2D eigenvalue weighted by Crippen LogP contribution is 2.51. The molecule has 3 aliphatic rings. The van der Waals surface area contributed by atoms with Gasteiger partial charge in [0.05, 0.1) is 32.2 Å². The summed E-state index contributed by atoms with van der Waals surface area (Å²) in [5, 5.41) is 13.5. The van der Waals surface area contributed by atoms with Crippen LogP contribution in [0.4, 0.5) is 4.39 Å². The number of hydrogen-bond donors (Lipinski definition) is 1. The maximum absolute atomic E-state index is 14.7. The van der Waals surface area contributed by atoms with Crippen molar-refractivity contribution < 1.29 is 14.0 Å². The lowest BCUT2D eigenvalue weighted by molar-refractivity contribution is -0.140. The maximum Gasteiger partial charge on any atom is 0.244 e. The molecule has 1 N–H and O–H groups in total. The zero-order valence-corrected chi connectivity index (χ0v) is 20.3. The van der Waals surface area contributed by atoms with E-state index in [-0.39, 0.29) is 27.8 Å². The fourth-order valence-corrected chi connectivity index (χ4v) is 5.76. The highest BCUT2D eigenvalue weighted by atomic mass is 35.5. The molecule has 176 valence electrons. The van der Waals surface area contributed by atoms with Crippen molar-refractivity contribution >= 4 is 46.8 Å². The molecule has 34 heavy (non-hydrogen) atoms. The summed E-state index contributed by atoms with van der Waals surface area (Å²) >= 11 is 13.2. The molecule has 7 nitrogen and oxygen atoms in total. The molecule has 2 aromatic rings. The Hall–Kier alpha value is -2.41. The van der Waals surface area contributed by atoms with Gasteiger partial charge in [-0.1, -0.05) is 23.2 Å². The standard InChI is InChI=1S/C23H20Cl2FN5O2S/c24-13-1-2-18(28-9-13)34-15-8-17(20(32)30-22(12-27)3-4-22)31(11-15)21(33)23(5-6-23)19-16(26)7-14(25)10-29-19/h1-2,7,9-10,15,17H,3-6,8,11H2,(H,30,32)/t15-,17+/m1/s1. The van der Waals surface area contributed by atoms with Gasteiger partial charge in [-0.2, -0.15) is 5.26 Å². The zero-order valence-electron chi connectivity index (χ0n) is 17.9. The van der Waals surface area contributed by atoms with E-state index in [2.05, 4.69) is 21.4 Å². The number of rotatable bonds is 6. The van der Waals surface area contributed by atoms with Crippen LogP contribution in [0.3, 0.4) is 0 Å². The summed E-state index contributed by atoms with van der Waals surface area (Å²) in [6, 6.07) is 6.06. The normalized spacial score (nSPS) is 23.8. The van der Waals surface area contributed by atoms with Crippen LogP contribution in [0.2, 0.25) is 10.0 Å². The highest BCUT2D eigenvalue weighted by Gasteiger charge is 2.59. The molecule has 11 heteroatoms. The van der Waals surface area contributed by atoms with Gasteiger partial charge in [0.25, 0.3) is 0 Å². The lowest BCUT2D eigenvalue weighted by Gasteiger charge is -2.28. The van der Waals surface area contributed by atoms with Gasteiger partial charge in [-0.3, -0.25) is 14.6 Å². The van der Waals surface area contributed by atoms with E-state index in [0.29, 0.717) is 43.7 Å². The monoisotopic (exact) mass is 519 g/mol. The summed E-state index contributed by atoms with van der Waals surface area (Å²) in [5.74, 6) is -1.31. The summed E-state index contributed by atoms with van der Waals surface area (Å²) in [7, 11) is 0. The van der Waals surface area contributed by atoms with Crippen molar-refractivity contribution in [1.29, 1.82) is 5.26 Å². The Morgan fingerprint density at radius 2 is 1.91 bits per heavy atom. The van der Waals surface area contributed by atoms with Crippen LogP contribution in [-0.2, 0) is 15.0 Å². The zero-order chi connectivity index (χ0) is 24.1. The van der Waals surface area contributed by atoms with Gasteiger partial charge in [-0.05, 0) is 50.3 Å². The number of amides is 2. The number of carbonyl (C=O) groups excluding carboxylic acids is 2. The topological polar surface area (TPSA) is 99.0 Å². The van der Waals surface area contributed by atoms with E-state index >= 15 is 0 Å². The van der Waals surface area contributed by atoms with Crippen LogP contribution in [0.1, 0.15) is 37.8 Å². The second-order valence-corrected chi connectivity index (χ2v) is 11.2. The fraction of sp³-hybridized carbons (Fsp3) is 0.435. The number of carbonyl (C=O) groups is 2. The minimum absolute atomic E-state index is 0.0622. The molecule has 2 saturated carbocycles. The smallest absolute Gasteiger partial charge is 0.244 e. The first-order valence-corrected chi connectivity index (χ1v) is 12.5. The average Bonchev–Trinajstić information content (AvgIpc) is 3.73. The van der Waals surface area contributed by atoms with Gasteiger partial charge in [0, 0.05) is 24.2 Å². The maximum atomic E-state index is 14.7. The van der Waals surface area contributed by atoms with E-state index in [1.165, 1.54) is 22.9 Å². The second-order valence-electron chi connectivity index (χ2n) is 9.01. The fourth-order valence-electron chi connectivity index (χ4n) is 4.39. The van der Waals surface area contributed by atoms with Crippen LogP contribution in [0.5, 0.6) is 0 Å². The summed E-state index contributed by atoms with van der Waals surface area (Å²) in [4.78, 5) is 36.9. The van der Waals surface area contributed by atoms with Gasteiger partial charge in [0.15, 0.2) is 0 Å². The molecule has 5 rings (SSSR count). The summed E-state index contributed by atoms with van der Waals surface area (Å²) < 4.78 is 14.7. The van der Waals surface area contributed by atoms with Crippen molar-refractivity contribution in [2.75, 3.05) is 6.54 Å². The average molecular weight is 520 g/mol. The number of nitrogens with zero attached hydrogens (tertiary/aromatic N) is 4. The molecule has 1 aliphatic heterocycles. The van der Waals surface area contributed by atoms with E-state index in [1.54, 1.807) is 18.3 Å². The third-order valence-corrected chi connectivity index (χ3v) is 8.15. The first-order chi connectivity index (χ1) is 16.2. The Labute approximate surface area is 210 Å². The SMILES string of the molecule is N#CC1(NC(=O)[C@@H]2C[C@@H](Sc3ccc(Cl)cn3)CN2C(=O)C2(c3ncc(Cl)cc3F)CC2)CC1. The molecule has 0 aromatic carbocycles. The lowest BCUT2D eigenvalue weighted by atomic mass is 9.98. The minimum atomic E-state index is -1.10. The van der Waals surface area contributed by atoms with Crippen molar-refractivity contribution in [3.05, 3.63) is 52.1 Å². The van der Waals surface area contributed by atoms with Crippen LogP contribution in [-0.4, -0.2) is 50.1 Å². The van der Waals surface area contributed by atoms with Gasteiger partial charge in [-0.25, -0.2) is 9.37 Å². The highest BCUT2D eigenvalue weighted by molar-refractivity contribution is 7.99. The Bertz CT molecular complexity index is 1200. The number of nitriles is 1. The number of thioether (sulfide) groups is 1. The summed E-state index contributed by atoms with van der Waals surface area (Å²) in [5.41, 5.74) is -1.89. The molecule has 2 aliphatic carbocycles. The van der Waals surface area contributed by atoms with Gasteiger partial charge < -0.3 is 10.2 Å². The number of likely N-dealkylation sites (tertiary alicyclic amines) is 1. The summed E-state index contributed by atoms with van der Waals surface area (Å²) in [6.45, 7) is 0.294. The van der Waals surface area contributed by atoms with Gasteiger partial charge >= 0.3 is 0 Å². The summed E-state index contributed by atoms with van der Waals surface area (Å²) in [6.07, 6.45) is 5.34. The molecular weight excluding hydrogens is 500 g/mol. The van der Waals surface area contributed by atoms with Crippen molar-refractivity contribution in [2.45, 2.75) is 59.4 Å². The van der Waals surface area contributed by atoms with Gasteiger partial charge in [0.1, 0.15) is 17.4 Å². The van der Waals surface area contributed by atoms with E-state index in [9.17, 15) is 19.2 Å².